The van der Waals surface area contributed by atoms with Gasteiger partial charge in [-0.25, -0.2) is 13.1 Å². The van der Waals surface area contributed by atoms with Gasteiger partial charge in [-0.2, -0.15) is 0 Å². The first-order chi connectivity index (χ1) is 11.3. The minimum atomic E-state index is -3.69. The van der Waals surface area contributed by atoms with Gasteiger partial charge in [-0.05, 0) is 44.2 Å². The lowest BCUT2D eigenvalue weighted by atomic mass is 10.2. The standard InChI is InChI=1S/C16H19ClN2O4S/c1-11-6-7-15(23-11)12(2)19-16(20)8-9-18-24(21,22)14-5-3-4-13(17)10-14/h3-7,10,12,18H,8-9H2,1-2H3,(H,19,20). The van der Waals surface area contributed by atoms with Crippen LogP contribution in [-0.2, 0) is 14.8 Å². The Hall–Kier alpha value is -1.83. The lowest BCUT2D eigenvalue weighted by molar-refractivity contribution is -0.121. The van der Waals surface area contributed by atoms with Crippen molar-refractivity contribution >= 4 is 27.5 Å². The Morgan fingerprint density at radius 2 is 2.04 bits per heavy atom. The zero-order chi connectivity index (χ0) is 17.7. The van der Waals surface area contributed by atoms with Gasteiger partial charge in [-0.3, -0.25) is 4.79 Å². The van der Waals surface area contributed by atoms with Crippen LogP contribution in [0.2, 0.25) is 5.02 Å². The van der Waals surface area contributed by atoms with Crippen LogP contribution in [-0.4, -0.2) is 20.9 Å². The highest BCUT2D eigenvalue weighted by Crippen LogP contribution is 2.16. The van der Waals surface area contributed by atoms with Gasteiger partial charge in [0.25, 0.3) is 0 Å². The first-order valence-corrected chi connectivity index (χ1v) is 9.25. The third-order valence-electron chi connectivity index (χ3n) is 3.32. The lowest BCUT2D eigenvalue weighted by Gasteiger charge is -2.12. The second kappa shape index (κ2) is 7.83. The lowest BCUT2D eigenvalue weighted by Crippen LogP contribution is -2.32. The Kier molecular flexibility index (Phi) is 6.04. The van der Waals surface area contributed by atoms with Gasteiger partial charge in [0.05, 0.1) is 10.9 Å². The van der Waals surface area contributed by atoms with Crippen molar-refractivity contribution in [2.45, 2.75) is 31.2 Å². The molecule has 1 atom stereocenters. The fourth-order valence-corrected chi connectivity index (χ4v) is 3.42. The van der Waals surface area contributed by atoms with Gasteiger partial charge in [-0.15, -0.1) is 0 Å². The van der Waals surface area contributed by atoms with Crippen LogP contribution >= 0.6 is 11.6 Å². The van der Waals surface area contributed by atoms with E-state index in [4.69, 9.17) is 16.0 Å². The van der Waals surface area contributed by atoms with E-state index in [9.17, 15) is 13.2 Å². The van der Waals surface area contributed by atoms with E-state index in [1.807, 2.05) is 13.0 Å². The molecule has 0 aliphatic carbocycles. The fraction of sp³-hybridized carbons (Fsp3) is 0.312. The summed E-state index contributed by atoms with van der Waals surface area (Å²) in [5, 5.41) is 3.09. The third-order valence-corrected chi connectivity index (χ3v) is 5.01. The van der Waals surface area contributed by atoms with Gasteiger partial charge >= 0.3 is 0 Å². The second-order valence-electron chi connectivity index (χ2n) is 5.34. The summed E-state index contributed by atoms with van der Waals surface area (Å²) in [7, 11) is -3.69. The van der Waals surface area contributed by atoms with E-state index < -0.39 is 10.0 Å². The average Bonchev–Trinajstić information content (AvgIpc) is 2.94. The van der Waals surface area contributed by atoms with E-state index in [1.54, 1.807) is 25.1 Å². The molecule has 0 aliphatic heterocycles. The maximum Gasteiger partial charge on any atom is 0.240 e. The van der Waals surface area contributed by atoms with Gasteiger partial charge in [0.1, 0.15) is 11.5 Å². The highest BCUT2D eigenvalue weighted by atomic mass is 35.5. The highest BCUT2D eigenvalue weighted by Gasteiger charge is 2.16. The highest BCUT2D eigenvalue weighted by molar-refractivity contribution is 7.89. The van der Waals surface area contributed by atoms with E-state index in [0.717, 1.165) is 5.76 Å². The SMILES string of the molecule is Cc1ccc(C(C)NC(=O)CCNS(=O)(=O)c2cccc(Cl)c2)o1. The largest absolute Gasteiger partial charge is 0.464 e. The summed E-state index contributed by atoms with van der Waals surface area (Å²) in [4.78, 5) is 12.0. The molecule has 130 valence electrons. The molecule has 1 aromatic heterocycles. The monoisotopic (exact) mass is 370 g/mol. The van der Waals surface area contributed by atoms with Crippen LogP contribution < -0.4 is 10.0 Å². The van der Waals surface area contributed by atoms with Gasteiger partial charge in [0.15, 0.2) is 0 Å². The Morgan fingerprint density at radius 3 is 2.67 bits per heavy atom. The van der Waals surface area contributed by atoms with Crippen molar-refractivity contribution in [2.24, 2.45) is 0 Å². The molecule has 0 bridgehead atoms. The van der Waals surface area contributed by atoms with E-state index in [2.05, 4.69) is 10.0 Å². The first kappa shape index (κ1) is 18.5. The van der Waals surface area contributed by atoms with Crippen molar-refractivity contribution in [1.29, 1.82) is 0 Å². The number of nitrogens with one attached hydrogen (secondary N) is 2. The molecule has 0 spiro atoms. The molecule has 1 amide bonds. The Labute approximate surface area is 146 Å². The van der Waals surface area contributed by atoms with Crippen LogP contribution in [0.25, 0.3) is 0 Å². The van der Waals surface area contributed by atoms with Crippen molar-refractivity contribution in [3.05, 3.63) is 52.9 Å². The van der Waals surface area contributed by atoms with Crippen LogP contribution in [0.3, 0.4) is 0 Å². The predicted octanol–water partition coefficient (Wildman–Crippen LogP) is 2.79. The fourth-order valence-electron chi connectivity index (χ4n) is 2.09. The van der Waals surface area contributed by atoms with E-state index in [0.29, 0.717) is 10.8 Å². The second-order valence-corrected chi connectivity index (χ2v) is 7.55. The number of rotatable bonds is 7. The van der Waals surface area contributed by atoms with Crippen molar-refractivity contribution in [2.75, 3.05) is 6.54 Å². The smallest absolute Gasteiger partial charge is 0.240 e. The number of sulfonamides is 1. The summed E-state index contributed by atoms with van der Waals surface area (Å²) in [6.45, 7) is 3.61. The average molecular weight is 371 g/mol. The van der Waals surface area contributed by atoms with Crippen LogP contribution in [0, 0.1) is 6.92 Å². The van der Waals surface area contributed by atoms with Gasteiger partial charge in [-0.1, -0.05) is 17.7 Å². The van der Waals surface area contributed by atoms with Crippen molar-refractivity contribution in [3.8, 4) is 0 Å². The number of benzene rings is 1. The number of hydrogen-bond donors (Lipinski definition) is 2. The number of furan rings is 1. The Bertz CT molecular complexity index is 817. The summed E-state index contributed by atoms with van der Waals surface area (Å²) >= 11 is 5.79. The summed E-state index contributed by atoms with van der Waals surface area (Å²) in [5.74, 6) is 1.14. The van der Waals surface area contributed by atoms with Crippen LogP contribution in [0.5, 0.6) is 0 Å². The molecular formula is C16H19ClN2O4S. The maximum atomic E-state index is 12.1. The third kappa shape index (κ3) is 5.09. The van der Waals surface area contributed by atoms with Gasteiger partial charge < -0.3 is 9.73 Å². The molecule has 2 aromatic rings. The number of amides is 1. The van der Waals surface area contributed by atoms with E-state index in [1.165, 1.54) is 12.1 Å². The molecule has 1 unspecified atom stereocenters. The number of aryl methyl sites for hydroxylation is 1. The van der Waals surface area contributed by atoms with Crippen LogP contribution in [0.1, 0.15) is 30.9 Å². The molecule has 2 rings (SSSR count). The predicted molar refractivity (Wildman–Crippen MR) is 91.3 cm³/mol. The molecule has 0 radical (unpaired) electrons. The molecule has 1 heterocycles. The summed E-state index contributed by atoms with van der Waals surface area (Å²) in [6, 6.07) is 9.26. The molecule has 0 aliphatic rings. The molecular weight excluding hydrogens is 352 g/mol. The molecule has 1 aromatic carbocycles. The van der Waals surface area contributed by atoms with E-state index >= 15 is 0 Å². The van der Waals surface area contributed by atoms with Crippen molar-refractivity contribution in [1.82, 2.24) is 10.0 Å². The van der Waals surface area contributed by atoms with Crippen LogP contribution in [0.4, 0.5) is 0 Å². The first-order valence-electron chi connectivity index (χ1n) is 7.39. The van der Waals surface area contributed by atoms with Gasteiger partial charge in [0, 0.05) is 18.0 Å². The summed E-state index contributed by atoms with van der Waals surface area (Å²) < 4.78 is 32.0. The summed E-state index contributed by atoms with van der Waals surface area (Å²) in [6.07, 6.45) is 0.0177. The van der Waals surface area contributed by atoms with Crippen molar-refractivity contribution < 1.29 is 17.6 Å². The van der Waals surface area contributed by atoms with Crippen LogP contribution in [0.15, 0.2) is 45.7 Å². The number of carbonyl (C=O) groups excluding carboxylic acids is 1. The molecule has 8 heteroatoms. The zero-order valence-corrected chi connectivity index (χ0v) is 14.9. The number of halogens is 1. The number of hydrogen-bond acceptors (Lipinski definition) is 4. The van der Waals surface area contributed by atoms with Gasteiger partial charge in [0.2, 0.25) is 15.9 Å². The molecule has 6 nitrogen and oxygen atoms in total. The van der Waals surface area contributed by atoms with E-state index in [-0.39, 0.29) is 29.8 Å². The topological polar surface area (TPSA) is 88.4 Å². The molecule has 0 saturated carbocycles. The molecule has 24 heavy (non-hydrogen) atoms. The maximum absolute atomic E-state index is 12.1. The molecule has 2 N–H and O–H groups in total. The molecule has 0 fully saturated rings. The molecule has 0 saturated heterocycles. The Balaban J connectivity index is 1.84. The normalized spacial score (nSPS) is 12.8. The minimum absolute atomic E-state index is 0.00934. The Morgan fingerprint density at radius 1 is 1.29 bits per heavy atom. The minimum Gasteiger partial charge on any atom is -0.464 e. The number of carbonyl (C=O) groups is 1. The summed E-state index contributed by atoms with van der Waals surface area (Å²) in [5.41, 5.74) is 0. The quantitative estimate of drug-likeness (QED) is 0.784. The zero-order valence-electron chi connectivity index (χ0n) is 13.4. The van der Waals surface area contributed by atoms with Crippen molar-refractivity contribution in [3.63, 3.8) is 0 Å².